The van der Waals surface area contributed by atoms with Crippen molar-refractivity contribution < 1.29 is 9.69 Å². The van der Waals surface area contributed by atoms with E-state index in [0.29, 0.717) is 5.92 Å². The second-order valence-electron chi connectivity index (χ2n) is 7.58. The molecule has 1 atom stereocenters. The zero-order chi connectivity index (χ0) is 19.4. The van der Waals surface area contributed by atoms with Crippen LogP contribution in [-0.4, -0.2) is 38.1 Å². The number of amides is 1. The van der Waals surface area contributed by atoms with Gasteiger partial charge in [0.1, 0.15) is 0 Å². The summed E-state index contributed by atoms with van der Waals surface area (Å²) in [5.41, 5.74) is 3.27. The lowest BCUT2D eigenvalue weighted by Crippen LogP contribution is -3.19. The van der Waals surface area contributed by atoms with Crippen molar-refractivity contribution in [2.24, 2.45) is 0 Å². The number of anilines is 2. The molecule has 144 valence electrons. The smallest absolute Gasteiger partial charge is 0.282 e. The molecule has 2 aromatic rings. The topological polar surface area (TPSA) is 36.8 Å². The summed E-state index contributed by atoms with van der Waals surface area (Å²) in [5.74, 6) is 0.472. The third kappa shape index (κ3) is 4.82. The Morgan fingerprint density at radius 3 is 2.44 bits per heavy atom. The van der Waals surface area contributed by atoms with E-state index >= 15 is 0 Å². The molecule has 0 unspecified atom stereocenters. The maximum Gasteiger partial charge on any atom is 0.282 e. The molecule has 1 aliphatic rings. The molecule has 1 heterocycles. The fourth-order valence-corrected chi connectivity index (χ4v) is 3.88. The van der Waals surface area contributed by atoms with Gasteiger partial charge < -0.3 is 15.1 Å². The normalized spacial score (nSPS) is 16.4. The fraction of sp³-hybridized carbons (Fsp3) is 0.409. The average Bonchev–Trinajstić information content (AvgIpc) is 2.67. The summed E-state index contributed by atoms with van der Waals surface area (Å²) in [4.78, 5) is 16.5. The number of halogens is 1. The molecule has 3 rings (SSSR count). The van der Waals surface area contributed by atoms with Crippen LogP contribution in [0.3, 0.4) is 0 Å². The third-order valence-electron chi connectivity index (χ3n) is 5.43. The molecule has 1 aliphatic heterocycles. The average molecular weight is 387 g/mol. The Labute approximate surface area is 167 Å². The Morgan fingerprint density at radius 2 is 1.78 bits per heavy atom. The highest BCUT2D eigenvalue weighted by molar-refractivity contribution is 6.30. The van der Waals surface area contributed by atoms with Gasteiger partial charge >= 0.3 is 0 Å². The van der Waals surface area contributed by atoms with Gasteiger partial charge in [-0.1, -0.05) is 49.7 Å². The van der Waals surface area contributed by atoms with Crippen LogP contribution in [0.2, 0.25) is 5.02 Å². The summed E-state index contributed by atoms with van der Waals surface area (Å²) in [5, 5.41) is 3.91. The van der Waals surface area contributed by atoms with E-state index < -0.39 is 0 Å². The van der Waals surface area contributed by atoms with Crippen LogP contribution in [0.15, 0.2) is 48.5 Å². The van der Waals surface area contributed by atoms with Gasteiger partial charge in [-0.2, -0.15) is 0 Å². The van der Waals surface area contributed by atoms with Crippen LogP contribution < -0.4 is 15.1 Å². The quantitative estimate of drug-likeness (QED) is 0.828. The van der Waals surface area contributed by atoms with E-state index in [1.54, 1.807) is 0 Å². The van der Waals surface area contributed by atoms with Crippen LogP contribution in [-0.2, 0) is 4.79 Å². The van der Waals surface area contributed by atoms with E-state index in [4.69, 9.17) is 11.6 Å². The largest absolute Gasteiger partial charge is 0.360 e. The first-order chi connectivity index (χ1) is 13.0. The van der Waals surface area contributed by atoms with E-state index in [0.717, 1.165) is 42.6 Å². The minimum absolute atomic E-state index is 0.0771. The predicted molar refractivity (Wildman–Crippen MR) is 113 cm³/mol. The number of carbonyl (C=O) groups excluding carboxylic acids is 1. The van der Waals surface area contributed by atoms with Gasteiger partial charge in [0.15, 0.2) is 6.04 Å². The van der Waals surface area contributed by atoms with Crippen molar-refractivity contribution in [2.75, 3.05) is 36.4 Å². The molecule has 2 aromatic carbocycles. The van der Waals surface area contributed by atoms with Crippen LogP contribution in [0.5, 0.6) is 0 Å². The first kappa shape index (κ1) is 19.7. The van der Waals surface area contributed by atoms with Gasteiger partial charge in [-0.05, 0) is 42.7 Å². The Kier molecular flexibility index (Phi) is 6.40. The number of hydrogen-bond acceptors (Lipinski definition) is 2. The molecule has 2 N–H and O–H groups in total. The van der Waals surface area contributed by atoms with E-state index in [2.05, 4.69) is 36.2 Å². The fourth-order valence-electron chi connectivity index (χ4n) is 3.70. The monoisotopic (exact) mass is 386 g/mol. The SMILES string of the molecule is CC(C)c1ccccc1NC(=O)[C@H](C)[NH+]1CCN(c2cccc(Cl)c2)CC1. The molecule has 1 saturated heterocycles. The van der Waals surface area contributed by atoms with Crippen molar-refractivity contribution in [2.45, 2.75) is 32.7 Å². The highest BCUT2D eigenvalue weighted by atomic mass is 35.5. The van der Waals surface area contributed by atoms with Crippen molar-refractivity contribution in [1.82, 2.24) is 0 Å². The molecule has 0 saturated carbocycles. The lowest BCUT2D eigenvalue weighted by atomic mass is 10.0. The van der Waals surface area contributed by atoms with Crippen molar-refractivity contribution in [3.05, 3.63) is 59.1 Å². The van der Waals surface area contributed by atoms with Crippen molar-refractivity contribution in [3.63, 3.8) is 0 Å². The summed E-state index contributed by atoms with van der Waals surface area (Å²) in [7, 11) is 0. The summed E-state index contributed by atoms with van der Waals surface area (Å²) in [6.45, 7) is 10.0. The van der Waals surface area contributed by atoms with E-state index in [-0.39, 0.29) is 11.9 Å². The maximum atomic E-state index is 12.8. The number of piperazine rings is 1. The van der Waals surface area contributed by atoms with Gasteiger partial charge in [-0.25, -0.2) is 0 Å². The molecule has 0 aliphatic carbocycles. The van der Waals surface area contributed by atoms with Gasteiger partial charge in [0.25, 0.3) is 5.91 Å². The zero-order valence-corrected chi connectivity index (χ0v) is 17.1. The summed E-state index contributed by atoms with van der Waals surface area (Å²) < 4.78 is 0. The molecule has 0 aromatic heterocycles. The van der Waals surface area contributed by atoms with Gasteiger partial charge in [0.05, 0.1) is 26.2 Å². The Hall–Kier alpha value is -2.04. The van der Waals surface area contributed by atoms with Gasteiger partial charge in [0, 0.05) is 16.4 Å². The minimum Gasteiger partial charge on any atom is -0.360 e. The number of benzene rings is 2. The lowest BCUT2D eigenvalue weighted by Gasteiger charge is -2.36. The minimum atomic E-state index is -0.0771. The molecular weight excluding hydrogens is 358 g/mol. The van der Waals surface area contributed by atoms with E-state index in [1.165, 1.54) is 10.5 Å². The number of nitrogens with one attached hydrogen (secondary N) is 2. The second kappa shape index (κ2) is 8.77. The first-order valence-electron chi connectivity index (χ1n) is 9.70. The van der Waals surface area contributed by atoms with Crippen LogP contribution in [0.4, 0.5) is 11.4 Å². The van der Waals surface area contributed by atoms with Crippen LogP contribution in [0.1, 0.15) is 32.3 Å². The summed E-state index contributed by atoms with van der Waals surface area (Å²) in [6, 6.07) is 16.0. The molecule has 0 bridgehead atoms. The molecule has 1 fully saturated rings. The lowest BCUT2D eigenvalue weighted by molar-refractivity contribution is -0.914. The van der Waals surface area contributed by atoms with Crippen molar-refractivity contribution in [3.8, 4) is 0 Å². The van der Waals surface area contributed by atoms with Gasteiger partial charge in [-0.3, -0.25) is 4.79 Å². The van der Waals surface area contributed by atoms with Crippen LogP contribution in [0.25, 0.3) is 0 Å². The van der Waals surface area contributed by atoms with Gasteiger partial charge in [0.2, 0.25) is 0 Å². The van der Waals surface area contributed by atoms with E-state index in [9.17, 15) is 4.79 Å². The number of carbonyl (C=O) groups is 1. The number of quaternary nitrogens is 1. The number of rotatable bonds is 5. The molecular formula is C22H29ClN3O+. The molecule has 5 heteroatoms. The maximum absolute atomic E-state index is 12.8. The van der Waals surface area contributed by atoms with Crippen LogP contribution >= 0.6 is 11.6 Å². The Bertz CT molecular complexity index is 785. The molecule has 4 nitrogen and oxygen atoms in total. The Balaban J connectivity index is 1.59. The van der Waals surface area contributed by atoms with E-state index in [1.807, 2.05) is 43.3 Å². The summed E-state index contributed by atoms with van der Waals surface area (Å²) in [6.07, 6.45) is 0. The van der Waals surface area contributed by atoms with Crippen molar-refractivity contribution in [1.29, 1.82) is 0 Å². The Morgan fingerprint density at radius 1 is 1.07 bits per heavy atom. The standard InChI is InChI=1S/C22H28ClN3O/c1-16(2)20-9-4-5-10-21(20)24-22(27)17(3)25-11-13-26(14-12-25)19-8-6-7-18(23)15-19/h4-10,15-17H,11-14H2,1-3H3,(H,24,27)/p+1/t17-/m0/s1. The predicted octanol–water partition coefficient (Wildman–Crippen LogP) is 3.20. The van der Waals surface area contributed by atoms with Crippen molar-refractivity contribution >= 4 is 28.9 Å². The number of hydrogen-bond donors (Lipinski definition) is 2. The summed E-state index contributed by atoms with van der Waals surface area (Å²) >= 11 is 6.11. The second-order valence-corrected chi connectivity index (χ2v) is 8.01. The molecule has 0 spiro atoms. The highest BCUT2D eigenvalue weighted by Crippen LogP contribution is 2.23. The van der Waals surface area contributed by atoms with Crippen LogP contribution in [0, 0.1) is 0 Å². The number of para-hydroxylation sites is 1. The zero-order valence-electron chi connectivity index (χ0n) is 16.3. The first-order valence-corrected chi connectivity index (χ1v) is 10.1. The molecule has 27 heavy (non-hydrogen) atoms. The highest BCUT2D eigenvalue weighted by Gasteiger charge is 2.29. The molecule has 1 amide bonds. The van der Waals surface area contributed by atoms with Gasteiger partial charge in [-0.15, -0.1) is 0 Å². The number of nitrogens with zero attached hydrogens (tertiary/aromatic N) is 1. The molecule has 0 radical (unpaired) electrons. The third-order valence-corrected chi connectivity index (χ3v) is 5.66.